The van der Waals surface area contributed by atoms with Crippen LogP contribution in [0.1, 0.15) is 23.4 Å². The average Bonchev–Trinajstić information content (AvgIpc) is 3.10. The molecule has 1 atom stereocenters. The maximum atomic E-state index is 12.3. The van der Waals surface area contributed by atoms with E-state index in [1.54, 1.807) is 0 Å². The first-order chi connectivity index (χ1) is 11.7. The Morgan fingerprint density at radius 2 is 1.88 bits per heavy atom. The molecule has 0 fully saturated rings. The molecular formula is C19H17ClN2OS. The monoisotopic (exact) mass is 356 g/mol. The molecule has 24 heavy (non-hydrogen) atoms. The number of aromatic nitrogens is 1. The van der Waals surface area contributed by atoms with Gasteiger partial charge in [0, 0.05) is 10.9 Å². The van der Waals surface area contributed by atoms with Crippen molar-refractivity contribution < 1.29 is 4.79 Å². The molecule has 5 heteroatoms. The lowest BCUT2D eigenvalue weighted by atomic mass is 10.1. The van der Waals surface area contributed by atoms with Crippen molar-refractivity contribution in [2.75, 3.05) is 5.32 Å². The van der Waals surface area contributed by atoms with E-state index in [2.05, 4.69) is 29.4 Å². The number of halogens is 1. The van der Waals surface area contributed by atoms with Gasteiger partial charge in [-0.1, -0.05) is 61.5 Å². The number of nitrogens with zero attached hydrogens (tertiary/aromatic N) is 1. The Balaban J connectivity index is 1.70. The van der Waals surface area contributed by atoms with Crippen LogP contribution in [-0.2, 0) is 11.2 Å². The van der Waals surface area contributed by atoms with Gasteiger partial charge in [0.15, 0.2) is 5.13 Å². The number of nitrogens with one attached hydrogen (secondary N) is 1. The second kappa shape index (κ2) is 7.60. The van der Waals surface area contributed by atoms with Crippen LogP contribution in [0.5, 0.6) is 0 Å². The number of amides is 1. The molecule has 1 amide bonds. The van der Waals surface area contributed by atoms with E-state index in [0.717, 1.165) is 23.2 Å². The highest BCUT2D eigenvalue weighted by molar-refractivity contribution is 7.14. The topological polar surface area (TPSA) is 42.0 Å². The van der Waals surface area contributed by atoms with Gasteiger partial charge in [0.25, 0.3) is 0 Å². The number of carbonyl (C=O) groups excluding carboxylic acids is 1. The molecule has 0 aliphatic carbocycles. The fourth-order valence-corrected chi connectivity index (χ4v) is 3.24. The number of benzene rings is 2. The number of rotatable bonds is 5. The number of carbonyl (C=O) groups is 1. The van der Waals surface area contributed by atoms with Crippen molar-refractivity contribution in [3.05, 3.63) is 71.1 Å². The molecule has 2 aromatic carbocycles. The highest BCUT2D eigenvalue weighted by atomic mass is 35.5. The van der Waals surface area contributed by atoms with E-state index in [1.807, 2.05) is 47.8 Å². The molecule has 3 rings (SSSR count). The van der Waals surface area contributed by atoms with Gasteiger partial charge in [-0.15, -0.1) is 22.9 Å². The lowest BCUT2D eigenvalue weighted by Crippen LogP contribution is -2.17. The SMILES string of the molecule is CCc1ccc(-c2csc(NC(=O)C(Cl)c3ccccc3)n2)cc1. The molecule has 1 aromatic heterocycles. The Kier molecular flexibility index (Phi) is 5.28. The van der Waals surface area contributed by atoms with Crippen molar-refractivity contribution in [2.24, 2.45) is 0 Å². The second-order valence-corrected chi connectivity index (χ2v) is 6.65. The molecule has 0 radical (unpaired) electrons. The zero-order valence-corrected chi connectivity index (χ0v) is 14.8. The van der Waals surface area contributed by atoms with Gasteiger partial charge in [-0.25, -0.2) is 4.98 Å². The minimum absolute atomic E-state index is 0.273. The first-order valence-corrected chi connectivity index (χ1v) is 9.03. The van der Waals surface area contributed by atoms with Gasteiger partial charge in [-0.3, -0.25) is 4.79 Å². The molecule has 122 valence electrons. The van der Waals surface area contributed by atoms with E-state index in [-0.39, 0.29) is 5.91 Å². The van der Waals surface area contributed by atoms with Gasteiger partial charge in [0.2, 0.25) is 5.91 Å². The zero-order chi connectivity index (χ0) is 16.9. The summed E-state index contributed by atoms with van der Waals surface area (Å²) in [4.78, 5) is 16.7. The third kappa shape index (κ3) is 3.83. The fourth-order valence-electron chi connectivity index (χ4n) is 2.32. The number of hydrogen-bond donors (Lipinski definition) is 1. The van der Waals surface area contributed by atoms with Crippen LogP contribution in [-0.4, -0.2) is 10.9 Å². The highest BCUT2D eigenvalue weighted by Gasteiger charge is 2.18. The summed E-state index contributed by atoms with van der Waals surface area (Å²) in [5, 5.41) is 4.54. The largest absolute Gasteiger partial charge is 0.300 e. The van der Waals surface area contributed by atoms with Crippen molar-refractivity contribution >= 4 is 34.0 Å². The molecule has 1 N–H and O–H groups in total. The van der Waals surface area contributed by atoms with Crippen LogP contribution in [0, 0.1) is 0 Å². The van der Waals surface area contributed by atoms with Crippen LogP contribution in [0.25, 0.3) is 11.3 Å². The van der Waals surface area contributed by atoms with Crippen LogP contribution in [0.2, 0.25) is 0 Å². The van der Waals surface area contributed by atoms with Crippen molar-refractivity contribution in [1.82, 2.24) is 4.98 Å². The number of alkyl halides is 1. The lowest BCUT2D eigenvalue weighted by molar-refractivity contribution is -0.116. The quantitative estimate of drug-likeness (QED) is 0.631. The normalized spacial score (nSPS) is 11.9. The molecule has 3 aromatic rings. The lowest BCUT2D eigenvalue weighted by Gasteiger charge is -2.08. The molecule has 0 saturated heterocycles. The van der Waals surface area contributed by atoms with E-state index in [1.165, 1.54) is 16.9 Å². The summed E-state index contributed by atoms with van der Waals surface area (Å²) in [5.74, 6) is -0.273. The molecule has 0 bridgehead atoms. The smallest absolute Gasteiger partial charge is 0.248 e. The highest BCUT2D eigenvalue weighted by Crippen LogP contribution is 2.27. The summed E-state index contributed by atoms with van der Waals surface area (Å²) in [6, 6.07) is 17.6. The molecule has 3 nitrogen and oxygen atoms in total. The Hall–Kier alpha value is -2.17. The van der Waals surface area contributed by atoms with E-state index >= 15 is 0 Å². The molecule has 0 aliphatic rings. The van der Waals surface area contributed by atoms with Crippen LogP contribution >= 0.6 is 22.9 Å². The average molecular weight is 357 g/mol. The van der Waals surface area contributed by atoms with Gasteiger partial charge < -0.3 is 5.32 Å². The molecule has 0 spiro atoms. The standard InChI is InChI=1S/C19H17ClN2OS/c1-2-13-8-10-14(11-9-13)16-12-24-19(21-16)22-18(23)17(20)15-6-4-3-5-7-15/h3-12,17H,2H2,1H3,(H,21,22,23). The van der Waals surface area contributed by atoms with E-state index in [0.29, 0.717) is 5.13 Å². The molecule has 0 saturated carbocycles. The third-order valence-electron chi connectivity index (χ3n) is 3.71. The summed E-state index contributed by atoms with van der Waals surface area (Å²) in [7, 11) is 0. The van der Waals surface area contributed by atoms with Crippen LogP contribution < -0.4 is 5.32 Å². The predicted octanol–water partition coefficient (Wildman–Crippen LogP) is 5.29. The summed E-state index contributed by atoms with van der Waals surface area (Å²) in [6.45, 7) is 2.13. The Morgan fingerprint density at radius 1 is 1.17 bits per heavy atom. The van der Waals surface area contributed by atoms with Gasteiger partial charge in [-0.2, -0.15) is 0 Å². The number of hydrogen-bond acceptors (Lipinski definition) is 3. The summed E-state index contributed by atoms with van der Waals surface area (Å²) >= 11 is 7.62. The maximum Gasteiger partial charge on any atom is 0.248 e. The van der Waals surface area contributed by atoms with E-state index < -0.39 is 5.38 Å². The minimum Gasteiger partial charge on any atom is -0.300 e. The van der Waals surface area contributed by atoms with Crippen molar-refractivity contribution in [3.63, 3.8) is 0 Å². The summed E-state index contributed by atoms with van der Waals surface area (Å²) in [5.41, 5.74) is 3.94. The van der Waals surface area contributed by atoms with Crippen molar-refractivity contribution in [1.29, 1.82) is 0 Å². The van der Waals surface area contributed by atoms with Crippen LogP contribution in [0.3, 0.4) is 0 Å². The Labute approximate surface area is 150 Å². The first-order valence-electron chi connectivity index (χ1n) is 7.72. The third-order valence-corrected chi connectivity index (χ3v) is 4.92. The van der Waals surface area contributed by atoms with Gasteiger partial charge in [0.1, 0.15) is 5.38 Å². The summed E-state index contributed by atoms with van der Waals surface area (Å²) < 4.78 is 0. The second-order valence-electron chi connectivity index (χ2n) is 5.35. The number of anilines is 1. The van der Waals surface area contributed by atoms with Gasteiger partial charge in [0.05, 0.1) is 5.69 Å². The maximum absolute atomic E-state index is 12.3. The molecule has 1 heterocycles. The van der Waals surface area contributed by atoms with E-state index in [9.17, 15) is 4.79 Å². The van der Waals surface area contributed by atoms with Gasteiger partial charge >= 0.3 is 0 Å². The van der Waals surface area contributed by atoms with Crippen LogP contribution in [0.15, 0.2) is 60.0 Å². The van der Waals surface area contributed by atoms with Gasteiger partial charge in [-0.05, 0) is 17.5 Å². The van der Waals surface area contributed by atoms with Crippen LogP contribution in [0.4, 0.5) is 5.13 Å². The minimum atomic E-state index is -0.734. The van der Waals surface area contributed by atoms with E-state index in [4.69, 9.17) is 11.6 Å². The fraction of sp³-hybridized carbons (Fsp3) is 0.158. The molecule has 1 unspecified atom stereocenters. The zero-order valence-electron chi connectivity index (χ0n) is 13.2. The Morgan fingerprint density at radius 3 is 2.54 bits per heavy atom. The number of thiazole rings is 1. The number of aryl methyl sites for hydroxylation is 1. The van der Waals surface area contributed by atoms with Crippen molar-refractivity contribution in [2.45, 2.75) is 18.7 Å². The first kappa shape index (κ1) is 16.7. The molecule has 0 aliphatic heterocycles. The van der Waals surface area contributed by atoms with Crippen molar-refractivity contribution in [3.8, 4) is 11.3 Å². The molecular weight excluding hydrogens is 340 g/mol. The summed E-state index contributed by atoms with van der Waals surface area (Å²) in [6.07, 6.45) is 1.01. The predicted molar refractivity (Wildman–Crippen MR) is 101 cm³/mol. The Bertz CT molecular complexity index is 815.